The normalized spacial score (nSPS) is 11.7. The Morgan fingerprint density at radius 1 is 0.870 bits per heavy atom. The van der Waals surface area contributed by atoms with Crippen molar-refractivity contribution in [1.82, 2.24) is 0 Å². The fourth-order valence-corrected chi connectivity index (χ4v) is 1.99. The summed E-state index contributed by atoms with van der Waals surface area (Å²) in [6.45, 7) is 0. The van der Waals surface area contributed by atoms with Crippen molar-refractivity contribution in [1.29, 1.82) is 0 Å². The molecule has 0 aromatic heterocycles. The van der Waals surface area contributed by atoms with Crippen LogP contribution < -0.4 is 4.74 Å². The number of hydrogen-bond donors (Lipinski definition) is 2. The summed E-state index contributed by atoms with van der Waals surface area (Å²) in [5.41, 5.74) is 2.02. The number of aromatic hydroxyl groups is 2. The Kier molecular flexibility index (Phi) is 6.07. The smallest absolute Gasteiger partial charge is 0.161 e. The zero-order chi connectivity index (χ0) is 16.5. The minimum atomic E-state index is 0.138. The van der Waals surface area contributed by atoms with Gasteiger partial charge in [-0.15, -0.1) is 0 Å². The van der Waals surface area contributed by atoms with Crippen LogP contribution in [0.1, 0.15) is 17.5 Å². The van der Waals surface area contributed by atoms with E-state index >= 15 is 0 Å². The number of phenolic OH excluding ortho intramolecular Hbond substituents is 2. The highest BCUT2D eigenvalue weighted by Crippen LogP contribution is 2.26. The second-order valence-corrected chi connectivity index (χ2v) is 4.95. The molecule has 0 aliphatic rings. The summed E-state index contributed by atoms with van der Waals surface area (Å²) < 4.78 is 5.07. The largest absolute Gasteiger partial charge is 0.508 e. The predicted molar refractivity (Wildman–Crippen MR) is 94.6 cm³/mol. The number of phenols is 2. The molecule has 0 aliphatic carbocycles. The monoisotopic (exact) mass is 308 g/mol. The van der Waals surface area contributed by atoms with Crippen molar-refractivity contribution in [3.8, 4) is 17.2 Å². The number of hydrogen-bond acceptors (Lipinski definition) is 3. The lowest BCUT2D eigenvalue weighted by molar-refractivity contribution is 0.373. The second kappa shape index (κ2) is 8.49. The lowest BCUT2D eigenvalue weighted by Crippen LogP contribution is -1.83. The highest BCUT2D eigenvalue weighted by molar-refractivity contribution is 5.56. The van der Waals surface area contributed by atoms with Crippen LogP contribution in [0.2, 0.25) is 0 Å². The molecule has 0 heterocycles. The van der Waals surface area contributed by atoms with Crippen LogP contribution in [0.25, 0.3) is 12.2 Å². The molecule has 0 spiro atoms. The van der Waals surface area contributed by atoms with E-state index in [1.165, 1.54) is 7.11 Å². The van der Waals surface area contributed by atoms with Crippen LogP contribution in [0.4, 0.5) is 0 Å². The predicted octanol–water partition coefficient (Wildman–Crippen LogP) is 4.78. The molecule has 0 fully saturated rings. The Labute approximate surface area is 136 Å². The summed E-state index contributed by atoms with van der Waals surface area (Å²) in [7, 11) is 1.53. The first-order valence-electron chi connectivity index (χ1n) is 7.35. The molecule has 3 heteroatoms. The van der Waals surface area contributed by atoms with Gasteiger partial charge in [-0.3, -0.25) is 0 Å². The summed E-state index contributed by atoms with van der Waals surface area (Å²) in [4.78, 5) is 0. The standard InChI is InChI=1S/C20H20O3/c1-23-20-15-17(11-14-19(20)22)8-6-4-2-3-5-7-16-9-12-18(21)13-10-16/h2,4-15,21-22H,3H2,1H3/b4-2+,7-5+,8-6+. The van der Waals surface area contributed by atoms with Gasteiger partial charge in [-0.25, -0.2) is 0 Å². The molecule has 2 aromatic carbocycles. The Morgan fingerprint density at radius 2 is 1.61 bits per heavy atom. The van der Waals surface area contributed by atoms with Crippen molar-refractivity contribution >= 4 is 12.2 Å². The summed E-state index contributed by atoms with van der Waals surface area (Å²) in [6.07, 6.45) is 12.8. The molecule has 2 aromatic rings. The van der Waals surface area contributed by atoms with E-state index in [2.05, 4.69) is 6.08 Å². The maximum atomic E-state index is 9.53. The average Bonchev–Trinajstić information content (AvgIpc) is 2.57. The first kappa shape index (κ1) is 16.4. The van der Waals surface area contributed by atoms with Crippen molar-refractivity contribution in [2.24, 2.45) is 0 Å². The van der Waals surface area contributed by atoms with Gasteiger partial charge in [-0.05, 0) is 41.8 Å². The van der Waals surface area contributed by atoms with Crippen molar-refractivity contribution < 1.29 is 14.9 Å². The summed E-state index contributed by atoms with van der Waals surface area (Å²) in [5, 5.41) is 18.7. The molecule has 0 radical (unpaired) electrons. The number of ether oxygens (including phenoxy) is 1. The van der Waals surface area contributed by atoms with E-state index in [-0.39, 0.29) is 11.5 Å². The fraction of sp³-hybridized carbons (Fsp3) is 0.100. The Balaban J connectivity index is 1.83. The van der Waals surface area contributed by atoms with E-state index in [0.717, 1.165) is 17.5 Å². The maximum Gasteiger partial charge on any atom is 0.161 e. The third-order valence-corrected chi connectivity index (χ3v) is 3.22. The first-order chi connectivity index (χ1) is 11.2. The molecule has 0 aliphatic heterocycles. The van der Waals surface area contributed by atoms with Gasteiger partial charge >= 0.3 is 0 Å². The summed E-state index contributed by atoms with van der Waals surface area (Å²) in [5.74, 6) is 0.880. The number of methoxy groups -OCH3 is 1. The second-order valence-electron chi connectivity index (χ2n) is 4.95. The molecule has 2 N–H and O–H groups in total. The molecule has 3 nitrogen and oxygen atoms in total. The lowest BCUT2D eigenvalue weighted by atomic mass is 10.1. The van der Waals surface area contributed by atoms with E-state index in [1.807, 2.05) is 48.6 Å². The number of allylic oxidation sites excluding steroid dienone is 4. The third-order valence-electron chi connectivity index (χ3n) is 3.22. The van der Waals surface area contributed by atoms with Gasteiger partial charge in [-0.1, -0.05) is 54.7 Å². The average molecular weight is 308 g/mol. The van der Waals surface area contributed by atoms with Crippen LogP contribution in [0.3, 0.4) is 0 Å². The minimum absolute atomic E-state index is 0.138. The Bertz CT molecular complexity index is 710. The van der Waals surface area contributed by atoms with E-state index in [4.69, 9.17) is 4.74 Å². The molecular formula is C20H20O3. The van der Waals surface area contributed by atoms with E-state index in [9.17, 15) is 10.2 Å². The zero-order valence-electron chi connectivity index (χ0n) is 13.0. The van der Waals surface area contributed by atoms with Crippen molar-refractivity contribution in [2.75, 3.05) is 7.11 Å². The molecule has 0 saturated heterocycles. The lowest BCUT2D eigenvalue weighted by Gasteiger charge is -2.03. The van der Waals surface area contributed by atoms with Crippen LogP contribution >= 0.6 is 0 Å². The van der Waals surface area contributed by atoms with Gasteiger partial charge in [0.1, 0.15) is 5.75 Å². The summed E-state index contributed by atoms with van der Waals surface area (Å²) >= 11 is 0. The van der Waals surface area contributed by atoms with Gasteiger partial charge in [-0.2, -0.15) is 0 Å². The van der Waals surface area contributed by atoms with Crippen LogP contribution in [0.15, 0.2) is 66.8 Å². The topological polar surface area (TPSA) is 49.7 Å². The molecule has 23 heavy (non-hydrogen) atoms. The van der Waals surface area contributed by atoms with Gasteiger partial charge in [0, 0.05) is 0 Å². The SMILES string of the molecule is COc1cc(/C=C/C=C/C/C=C/c2ccc(O)cc2)ccc1O. The van der Waals surface area contributed by atoms with E-state index in [1.54, 1.807) is 24.3 Å². The highest BCUT2D eigenvalue weighted by atomic mass is 16.5. The number of rotatable bonds is 6. The van der Waals surface area contributed by atoms with Gasteiger partial charge in [0.05, 0.1) is 7.11 Å². The fourth-order valence-electron chi connectivity index (χ4n) is 1.99. The molecule has 118 valence electrons. The van der Waals surface area contributed by atoms with E-state index in [0.29, 0.717) is 5.75 Å². The maximum absolute atomic E-state index is 9.53. The molecule has 0 saturated carbocycles. The van der Waals surface area contributed by atoms with Gasteiger partial charge < -0.3 is 14.9 Å². The van der Waals surface area contributed by atoms with Crippen molar-refractivity contribution in [2.45, 2.75) is 6.42 Å². The van der Waals surface area contributed by atoms with Crippen LogP contribution in [0.5, 0.6) is 17.2 Å². The van der Waals surface area contributed by atoms with Crippen LogP contribution in [-0.2, 0) is 0 Å². The Morgan fingerprint density at radius 3 is 2.35 bits per heavy atom. The molecule has 0 bridgehead atoms. The Hall–Kier alpha value is -2.94. The van der Waals surface area contributed by atoms with Gasteiger partial charge in [0.2, 0.25) is 0 Å². The van der Waals surface area contributed by atoms with Crippen LogP contribution in [0, 0.1) is 0 Å². The third kappa shape index (κ3) is 5.40. The van der Waals surface area contributed by atoms with Gasteiger partial charge in [0.15, 0.2) is 11.5 Å². The number of benzene rings is 2. The highest BCUT2D eigenvalue weighted by Gasteiger charge is 1.99. The summed E-state index contributed by atoms with van der Waals surface area (Å²) in [6, 6.07) is 12.3. The molecule has 0 atom stereocenters. The molecule has 0 unspecified atom stereocenters. The molecule has 0 amide bonds. The van der Waals surface area contributed by atoms with E-state index < -0.39 is 0 Å². The van der Waals surface area contributed by atoms with Crippen molar-refractivity contribution in [3.05, 3.63) is 77.9 Å². The molecule has 2 rings (SSSR count). The molecular weight excluding hydrogens is 288 g/mol. The van der Waals surface area contributed by atoms with Crippen molar-refractivity contribution in [3.63, 3.8) is 0 Å². The quantitative estimate of drug-likeness (QED) is 0.755. The zero-order valence-corrected chi connectivity index (χ0v) is 13.0. The van der Waals surface area contributed by atoms with Crippen LogP contribution in [-0.4, -0.2) is 17.3 Å². The minimum Gasteiger partial charge on any atom is -0.508 e. The first-order valence-corrected chi connectivity index (χ1v) is 7.35. The van der Waals surface area contributed by atoms with Gasteiger partial charge in [0.25, 0.3) is 0 Å².